The Hall–Kier alpha value is -0.860. The van der Waals surface area contributed by atoms with E-state index in [1.54, 1.807) is 0 Å². The second kappa shape index (κ2) is 5.13. The normalized spacial score (nSPS) is 12.9. The van der Waals surface area contributed by atoms with Crippen LogP contribution in [0.25, 0.3) is 0 Å². The summed E-state index contributed by atoms with van der Waals surface area (Å²) in [7, 11) is 0. The standard InChI is InChI=1S/C12H19NO/c1-9-4-3-5-12(10(9)2)11(8-13)6-7-14/h3-5,11,14H,6-8,13H2,1-2H3. The third kappa shape index (κ3) is 2.34. The molecule has 0 saturated heterocycles. The molecule has 0 aliphatic rings. The van der Waals surface area contributed by atoms with Gasteiger partial charge in [-0.25, -0.2) is 0 Å². The Balaban J connectivity index is 2.97. The number of aliphatic hydroxyl groups is 1. The topological polar surface area (TPSA) is 46.2 Å². The van der Waals surface area contributed by atoms with Crippen LogP contribution in [0.3, 0.4) is 0 Å². The lowest BCUT2D eigenvalue weighted by Gasteiger charge is -2.17. The van der Waals surface area contributed by atoms with Gasteiger partial charge >= 0.3 is 0 Å². The van der Waals surface area contributed by atoms with Crippen molar-refractivity contribution in [1.29, 1.82) is 0 Å². The first kappa shape index (κ1) is 11.2. The van der Waals surface area contributed by atoms with Crippen molar-refractivity contribution in [2.75, 3.05) is 13.2 Å². The molecule has 1 rings (SSSR count). The van der Waals surface area contributed by atoms with Crippen LogP contribution < -0.4 is 5.73 Å². The van der Waals surface area contributed by atoms with Crippen molar-refractivity contribution < 1.29 is 5.11 Å². The molecule has 0 radical (unpaired) electrons. The Morgan fingerprint density at radius 3 is 2.64 bits per heavy atom. The van der Waals surface area contributed by atoms with E-state index in [2.05, 4.69) is 32.0 Å². The fourth-order valence-corrected chi connectivity index (χ4v) is 1.77. The molecular weight excluding hydrogens is 174 g/mol. The van der Waals surface area contributed by atoms with Gasteiger partial charge in [-0.15, -0.1) is 0 Å². The number of aliphatic hydroxyl groups excluding tert-OH is 1. The second-order valence-corrected chi connectivity index (χ2v) is 3.73. The van der Waals surface area contributed by atoms with E-state index in [1.165, 1.54) is 16.7 Å². The largest absolute Gasteiger partial charge is 0.396 e. The Kier molecular flexibility index (Phi) is 4.11. The van der Waals surface area contributed by atoms with Gasteiger partial charge in [-0.1, -0.05) is 18.2 Å². The SMILES string of the molecule is Cc1cccc(C(CN)CCO)c1C. The first-order valence-corrected chi connectivity index (χ1v) is 5.07. The van der Waals surface area contributed by atoms with Crippen molar-refractivity contribution in [3.05, 3.63) is 34.9 Å². The molecule has 0 aromatic heterocycles. The number of aryl methyl sites for hydroxylation is 1. The number of hydrogen-bond acceptors (Lipinski definition) is 2. The summed E-state index contributed by atoms with van der Waals surface area (Å²) in [6.45, 7) is 5.02. The predicted molar refractivity (Wildman–Crippen MR) is 59.4 cm³/mol. The summed E-state index contributed by atoms with van der Waals surface area (Å²) in [6.07, 6.45) is 0.751. The van der Waals surface area contributed by atoms with Gasteiger partial charge in [0, 0.05) is 6.61 Å². The zero-order chi connectivity index (χ0) is 10.6. The molecule has 0 saturated carbocycles. The molecule has 1 unspecified atom stereocenters. The maximum Gasteiger partial charge on any atom is 0.0437 e. The average molecular weight is 193 g/mol. The minimum atomic E-state index is 0.204. The number of rotatable bonds is 4. The lowest BCUT2D eigenvalue weighted by atomic mass is 9.90. The smallest absolute Gasteiger partial charge is 0.0437 e. The predicted octanol–water partition coefficient (Wildman–Crippen LogP) is 1.73. The van der Waals surface area contributed by atoms with Crippen molar-refractivity contribution in [3.63, 3.8) is 0 Å². The van der Waals surface area contributed by atoms with Gasteiger partial charge in [0.2, 0.25) is 0 Å². The summed E-state index contributed by atoms with van der Waals surface area (Å²) in [5.74, 6) is 0.292. The van der Waals surface area contributed by atoms with E-state index in [-0.39, 0.29) is 6.61 Å². The van der Waals surface area contributed by atoms with E-state index in [1.807, 2.05) is 0 Å². The fourth-order valence-electron chi connectivity index (χ4n) is 1.77. The van der Waals surface area contributed by atoms with Gasteiger partial charge < -0.3 is 10.8 Å². The molecule has 0 bridgehead atoms. The van der Waals surface area contributed by atoms with Crippen molar-refractivity contribution >= 4 is 0 Å². The first-order valence-electron chi connectivity index (χ1n) is 5.07. The fraction of sp³-hybridized carbons (Fsp3) is 0.500. The van der Waals surface area contributed by atoms with E-state index in [9.17, 15) is 0 Å². The highest BCUT2D eigenvalue weighted by Gasteiger charge is 2.11. The average Bonchev–Trinajstić information content (AvgIpc) is 2.19. The Morgan fingerprint density at radius 1 is 1.36 bits per heavy atom. The third-order valence-electron chi connectivity index (χ3n) is 2.85. The van der Waals surface area contributed by atoms with Crippen LogP contribution in [0, 0.1) is 13.8 Å². The lowest BCUT2D eigenvalue weighted by molar-refractivity contribution is 0.276. The summed E-state index contributed by atoms with van der Waals surface area (Å²) in [4.78, 5) is 0. The van der Waals surface area contributed by atoms with Crippen LogP contribution in [0.2, 0.25) is 0 Å². The molecule has 78 valence electrons. The quantitative estimate of drug-likeness (QED) is 0.765. The van der Waals surface area contributed by atoms with E-state index >= 15 is 0 Å². The highest BCUT2D eigenvalue weighted by Crippen LogP contribution is 2.23. The molecule has 3 N–H and O–H groups in total. The molecule has 14 heavy (non-hydrogen) atoms. The summed E-state index contributed by atoms with van der Waals surface area (Å²) < 4.78 is 0. The number of hydrogen-bond donors (Lipinski definition) is 2. The summed E-state index contributed by atoms with van der Waals surface area (Å²) >= 11 is 0. The third-order valence-corrected chi connectivity index (χ3v) is 2.85. The maximum atomic E-state index is 8.93. The molecule has 0 aliphatic carbocycles. The van der Waals surface area contributed by atoms with Crippen LogP contribution in [0.4, 0.5) is 0 Å². The van der Waals surface area contributed by atoms with Crippen LogP contribution in [0.15, 0.2) is 18.2 Å². The minimum Gasteiger partial charge on any atom is -0.396 e. The summed E-state index contributed by atoms with van der Waals surface area (Å²) in [5.41, 5.74) is 9.57. The lowest BCUT2D eigenvalue weighted by Crippen LogP contribution is -2.15. The molecule has 0 spiro atoms. The first-order chi connectivity index (χ1) is 6.70. The summed E-state index contributed by atoms with van der Waals surface area (Å²) in [5, 5.41) is 8.93. The van der Waals surface area contributed by atoms with Crippen molar-refractivity contribution in [2.45, 2.75) is 26.2 Å². The number of nitrogens with two attached hydrogens (primary N) is 1. The van der Waals surface area contributed by atoms with E-state index < -0.39 is 0 Å². The van der Waals surface area contributed by atoms with E-state index in [0.717, 1.165) is 6.42 Å². The Bertz CT molecular complexity index is 296. The molecule has 1 aromatic rings. The molecule has 0 heterocycles. The van der Waals surface area contributed by atoms with Crippen LogP contribution in [0.1, 0.15) is 29.0 Å². The highest BCUT2D eigenvalue weighted by molar-refractivity contribution is 5.35. The molecule has 0 amide bonds. The van der Waals surface area contributed by atoms with Gasteiger partial charge in [0.1, 0.15) is 0 Å². The zero-order valence-electron chi connectivity index (χ0n) is 8.96. The molecule has 2 nitrogen and oxygen atoms in total. The van der Waals surface area contributed by atoms with Gasteiger partial charge in [0.05, 0.1) is 0 Å². The van der Waals surface area contributed by atoms with Gasteiger partial charge in [-0.05, 0) is 49.4 Å². The number of benzene rings is 1. The van der Waals surface area contributed by atoms with Crippen LogP contribution in [0.5, 0.6) is 0 Å². The van der Waals surface area contributed by atoms with E-state index in [0.29, 0.717) is 12.5 Å². The van der Waals surface area contributed by atoms with Crippen LogP contribution in [-0.4, -0.2) is 18.3 Å². The van der Waals surface area contributed by atoms with Crippen molar-refractivity contribution in [2.24, 2.45) is 5.73 Å². The van der Waals surface area contributed by atoms with Gasteiger partial charge in [-0.3, -0.25) is 0 Å². The van der Waals surface area contributed by atoms with Crippen LogP contribution in [-0.2, 0) is 0 Å². The van der Waals surface area contributed by atoms with E-state index in [4.69, 9.17) is 10.8 Å². The molecule has 0 fully saturated rings. The Morgan fingerprint density at radius 2 is 2.07 bits per heavy atom. The summed E-state index contributed by atoms with van der Waals surface area (Å²) in [6, 6.07) is 6.26. The molecular formula is C12H19NO. The molecule has 2 heteroatoms. The molecule has 1 atom stereocenters. The van der Waals surface area contributed by atoms with Crippen molar-refractivity contribution in [3.8, 4) is 0 Å². The monoisotopic (exact) mass is 193 g/mol. The zero-order valence-corrected chi connectivity index (χ0v) is 8.96. The van der Waals surface area contributed by atoms with Crippen molar-refractivity contribution in [1.82, 2.24) is 0 Å². The highest BCUT2D eigenvalue weighted by atomic mass is 16.3. The molecule has 1 aromatic carbocycles. The second-order valence-electron chi connectivity index (χ2n) is 3.73. The van der Waals surface area contributed by atoms with Gasteiger partial charge in [0.15, 0.2) is 0 Å². The minimum absolute atomic E-state index is 0.204. The van der Waals surface area contributed by atoms with Gasteiger partial charge in [0.25, 0.3) is 0 Å². The maximum absolute atomic E-state index is 8.93. The van der Waals surface area contributed by atoms with Crippen LogP contribution >= 0.6 is 0 Å². The molecule has 0 aliphatic heterocycles. The van der Waals surface area contributed by atoms with Gasteiger partial charge in [-0.2, -0.15) is 0 Å². The Labute approximate surface area is 85.8 Å².